The lowest BCUT2D eigenvalue weighted by Gasteiger charge is -2.15. The summed E-state index contributed by atoms with van der Waals surface area (Å²) in [6.45, 7) is 0. The number of benzene rings is 2. The summed E-state index contributed by atoms with van der Waals surface area (Å²) in [5.74, 6) is 0. The molecule has 0 aliphatic heterocycles. The molecule has 0 heterocycles. The van der Waals surface area contributed by atoms with E-state index in [0.29, 0.717) is 19.3 Å². The van der Waals surface area contributed by atoms with Crippen molar-refractivity contribution in [3.8, 4) is 0 Å². The van der Waals surface area contributed by atoms with Crippen LogP contribution in [0.2, 0.25) is 0 Å². The van der Waals surface area contributed by atoms with Gasteiger partial charge in [-0.2, -0.15) is 0 Å². The van der Waals surface area contributed by atoms with Gasteiger partial charge in [0.15, 0.2) is 0 Å². The number of rotatable bonds is 7. The standard InChI is InChI=1S/C18H22O2/c19-17(12-11-15-7-3-1-4-8-15)14-18(20)13-16-9-5-2-6-10-16/h1-10,17-20H,11-14H2/t17-,18-/m0/s1. The molecule has 2 aromatic rings. The van der Waals surface area contributed by atoms with Gasteiger partial charge in [-0.1, -0.05) is 60.7 Å². The van der Waals surface area contributed by atoms with E-state index >= 15 is 0 Å². The predicted molar refractivity (Wildman–Crippen MR) is 81.5 cm³/mol. The lowest BCUT2D eigenvalue weighted by atomic mass is 9.99. The van der Waals surface area contributed by atoms with Gasteiger partial charge in [-0.15, -0.1) is 0 Å². The minimum absolute atomic E-state index is 0.432. The Morgan fingerprint density at radius 1 is 0.700 bits per heavy atom. The molecule has 2 atom stereocenters. The molecule has 0 spiro atoms. The van der Waals surface area contributed by atoms with E-state index in [1.54, 1.807) is 0 Å². The first-order chi connectivity index (χ1) is 9.74. The normalized spacial score (nSPS) is 13.9. The predicted octanol–water partition coefficient (Wildman–Crippen LogP) is 2.97. The number of aliphatic hydroxyl groups is 2. The molecule has 0 unspecified atom stereocenters. The Morgan fingerprint density at radius 2 is 1.25 bits per heavy atom. The fourth-order valence-corrected chi connectivity index (χ4v) is 2.38. The third kappa shape index (κ3) is 5.16. The first-order valence-corrected chi connectivity index (χ1v) is 7.18. The lowest BCUT2D eigenvalue weighted by molar-refractivity contribution is 0.0761. The zero-order valence-corrected chi connectivity index (χ0v) is 11.7. The van der Waals surface area contributed by atoms with Crippen LogP contribution in [0.5, 0.6) is 0 Å². The van der Waals surface area contributed by atoms with Crippen LogP contribution in [0.3, 0.4) is 0 Å². The van der Waals surface area contributed by atoms with Crippen LogP contribution in [-0.2, 0) is 12.8 Å². The molecule has 2 rings (SSSR count). The Balaban J connectivity index is 1.72. The van der Waals surface area contributed by atoms with Crippen molar-refractivity contribution < 1.29 is 10.2 Å². The van der Waals surface area contributed by atoms with Gasteiger partial charge < -0.3 is 10.2 Å². The summed E-state index contributed by atoms with van der Waals surface area (Å²) in [5.41, 5.74) is 2.33. The van der Waals surface area contributed by atoms with Crippen LogP contribution in [-0.4, -0.2) is 22.4 Å². The zero-order chi connectivity index (χ0) is 14.2. The Labute approximate surface area is 120 Å². The van der Waals surface area contributed by atoms with Gasteiger partial charge in [-0.3, -0.25) is 0 Å². The molecular weight excluding hydrogens is 248 g/mol. The second kappa shape index (κ2) is 7.83. The summed E-state index contributed by atoms with van der Waals surface area (Å²) < 4.78 is 0. The van der Waals surface area contributed by atoms with E-state index in [1.807, 2.05) is 48.5 Å². The van der Waals surface area contributed by atoms with E-state index in [1.165, 1.54) is 5.56 Å². The van der Waals surface area contributed by atoms with Gasteiger partial charge in [0.2, 0.25) is 0 Å². The topological polar surface area (TPSA) is 40.5 Å². The second-order valence-electron chi connectivity index (χ2n) is 5.26. The van der Waals surface area contributed by atoms with Crippen LogP contribution in [0, 0.1) is 0 Å². The summed E-state index contributed by atoms with van der Waals surface area (Å²) in [6.07, 6.45) is 1.64. The molecule has 0 aromatic heterocycles. The van der Waals surface area contributed by atoms with Gasteiger partial charge in [0.05, 0.1) is 12.2 Å². The van der Waals surface area contributed by atoms with E-state index in [0.717, 1.165) is 12.0 Å². The van der Waals surface area contributed by atoms with Crippen molar-refractivity contribution in [2.24, 2.45) is 0 Å². The van der Waals surface area contributed by atoms with E-state index in [2.05, 4.69) is 12.1 Å². The molecule has 2 N–H and O–H groups in total. The molecule has 106 valence electrons. The van der Waals surface area contributed by atoms with E-state index in [9.17, 15) is 10.2 Å². The molecule has 2 heteroatoms. The van der Waals surface area contributed by atoms with Gasteiger partial charge in [-0.05, 0) is 36.8 Å². The Morgan fingerprint density at radius 3 is 1.85 bits per heavy atom. The van der Waals surface area contributed by atoms with Crippen molar-refractivity contribution in [1.29, 1.82) is 0 Å². The lowest BCUT2D eigenvalue weighted by Crippen LogP contribution is -2.20. The smallest absolute Gasteiger partial charge is 0.0605 e. The van der Waals surface area contributed by atoms with Crippen molar-refractivity contribution in [1.82, 2.24) is 0 Å². The third-order valence-electron chi connectivity index (χ3n) is 3.47. The highest BCUT2D eigenvalue weighted by Gasteiger charge is 2.12. The number of aryl methyl sites for hydroxylation is 1. The maximum atomic E-state index is 10.0. The summed E-state index contributed by atoms with van der Waals surface area (Å²) in [6, 6.07) is 20.0. The summed E-state index contributed by atoms with van der Waals surface area (Å²) in [4.78, 5) is 0. The van der Waals surface area contributed by atoms with Crippen molar-refractivity contribution in [3.05, 3.63) is 71.8 Å². The molecule has 0 radical (unpaired) electrons. The Bertz CT molecular complexity index is 481. The highest BCUT2D eigenvalue weighted by Crippen LogP contribution is 2.12. The summed E-state index contributed by atoms with van der Waals surface area (Å²) >= 11 is 0. The molecule has 0 saturated heterocycles. The molecule has 2 nitrogen and oxygen atoms in total. The number of hydrogen-bond acceptors (Lipinski definition) is 2. The van der Waals surface area contributed by atoms with Crippen LogP contribution in [0.4, 0.5) is 0 Å². The van der Waals surface area contributed by atoms with Crippen molar-refractivity contribution in [2.75, 3.05) is 0 Å². The van der Waals surface area contributed by atoms with Crippen LogP contribution in [0.15, 0.2) is 60.7 Å². The van der Waals surface area contributed by atoms with Crippen molar-refractivity contribution in [2.45, 2.75) is 37.9 Å². The van der Waals surface area contributed by atoms with Crippen molar-refractivity contribution >= 4 is 0 Å². The Kier molecular flexibility index (Phi) is 5.78. The summed E-state index contributed by atoms with van der Waals surface area (Å²) in [5, 5.41) is 20.0. The average Bonchev–Trinajstić information content (AvgIpc) is 2.47. The number of hydrogen-bond donors (Lipinski definition) is 2. The quantitative estimate of drug-likeness (QED) is 0.812. The first-order valence-electron chi connectivity index (χ1n) is 7.18. The minimum atomic E-state index is -0.483. The fourth-order valence-electron chi connectivity index (χ4n) is 2.38. The molecule has 0 bridgehead atoms. The molecular formula is C18H22O2. The zero-order valence-electron chi connectivity index (χ0n) is 11.7. The van der Waals surface area contributed by atoms with Gasteiger partial charge in [-0.25, -0.2) is 0 Å². The van der Waals surface area contributed by atoms with Gasteiger partial charge >= 0.3 is 0 Å². The molecule has 0 saturated carbocycles. The SMILES string of the molecule is O[C@@H](CCc1ccccc1)C[C@@H](O)Cc1ccccc1. The maximum Gasteiger partial charge on any atom is 0.0605 e. The van der Waals surface area contributed by atoms with E-state index < -0.39 is 12.2 Å². The molecule has 0 fully saturated rings. The van der Waals surface area contributed by atoms with Crippen LogP contribution >= 0.6 is 0 Å². The van der Waals surface area contributed by atoms with Crippen LogP contribution in [0.1, 0.15) is 24.0 Å². The fraction of sp³-hybridized carbons (Fsp3) is 0.333. The minimum Gasteiger partial charge on any atom is -0.393 e. The highest BCUT2D eigenvalue weighted by molar-refractivity contribution is 5.16. The first kappa shape index (κ1) is 14.8. The third-order valence-corrected chi connectivity index (χ3v) is 3.47. The maximum absolute atomic E-state index is 10.0. The van der Waals surface area contributed by atoms with E-state index in [4.69, 9.17) is 0 Å². The van der Waals surface area contributed by atoms with Crippen molar-refractivity contribution in [3.63, 3.8) is 0 Å². The molecule has 20 heavy (non-hydrogen) atoms. The number of aliphatic hydroxyl groups excluding tert-OH is 2. The molecule has 0 aliphatic carbocycles. The Hall–Kier alpha value is -1.64. The monoisotopic (exact) mass is 270 g/mol. The molecule has 0 amide bonds. The van der Waals surface area contributed by atoms with Gasteiger partial charge in [0, 0.05) is 0 Å². The summed E-state index contributed by atoms with van der Waals surface area (Å²) in [7, 11) is 0. The van der Waals surface area contributed by atoms with Gasteiger partial charge in [0.1, 0.15) is 0 Å². The largest absolute Gasteiger partial charge is 0.393 e. The molecule has 2 aromatic carbocycles. The molecule has 0 aliphatic rings. The van der Waals surface area contributed by atoms with E-state index in [-0.39, 0.29) is 0 Å². The average molecular weight is 270 g/mol. The second-order valence-corrected chi connectivity index (χ2v) is 5.26. The van der Waals surface area contributed by atoms with Crippen LogP contribution in [0.25, 0.3) is 0 Å². The van der Waals surface area contributed by atoms with Gasteiger partial charge in [0.25, 0.3) is 0 Å². The van der Waals surface area contributed by atoms with Crippen LogP contribution < -0.4 is 0 Å². The highest BCUT2D eigenvalue weighted by atomic mass is 16.3.